The summed E-state index contributed by atoms with van der Waals surface area (Å²) in [5, 5.41) is 21.5. The monoisotopic (exact) mass is 303 g/mol. The molecule has 0 heterocycles. The van der Waals surface area contributed by atoms with Gasteiger partial charge in [0.2, 0.25) is 0 Å². The lowest BCUT2D eigenvalue weighted by Crippen LogP contribution is -2.39. The minimum absolute atomic E-state index is 0.0636. The maximum Gasteiger partial charge on any atom is 0.288 e. The van der Waals surface area contributed by atoms with Gasteiger partial charge >= 0.3 is 0 Å². The first-order valence-corrected chi connectivity index (χ1v) is 7.57. The Morgan fingerprint density at radius 2 is 2.05 bits per heavy atom. The van der Waals surface area contributed by atoms with Gasteiger partial charge in [-0.3, -0.25) is 0 Å². The number of rotatable bonds is 6. The van der Waals surface area contributed by atoms with E-state index in [0.29, 0.717) is 16.7 Å². The zero-order chi connectivity index (χ0) is 14.5. The normalized spacial score (nSPS) is 18.6. The van der Waals surface area contributed by atoms with Crippen molar-refractivity contribution >= 4 is 11.8 Å². The topological polar surface area (TPSA) is 52.5 Å². The first-order valence-electron chi connectivity index (χ1n) is 6.69. The third-order valence-corrected chi connectivity index (χ3v) is 4.24. The Labute approximate surface area is 121 Å². The van der Waals surface area contributed by atoms with E-state index in [4.69, 9.17) is 10.2 Å². The first kappa shape index (κ1) is 15.7. The van der Waals surface area contributed by atoms with Gasteiger partial charge in [0.25, 0.3) is 5.76 Å². The number of benzene rings is 1. The molecule has 1 aliphatic carbocycles. The average Bonchev–Trinajstić information content (AvgIpc) is 2.43. The van der Waals surface area contributed by atoms with Crippen molar-refractivity contribution in [3.8, 4) is 0 Å². The van der Waals surface area contributed by atoms with E-state index in [1.807, 2.05) is 12.1 Å². The number of nitrogens with one attached hydrogen (secondary N) is 1. The Hall–Kier alpha value is -0.690. The van der Waals surface area contributed by atoms with Gasteiger partial charge in [-0.25, -0.2) is 0 Å². The summed E-state index contributed by atoms with van der Waals surface area (Å²) in [5.41, 5.74) is 2.16. The SMILES string of the molecule is OCC(CO)NC1CCCc2cc(SC(F)F)ccc21. The van der Waals surface area contributed by atoms with E-state index >= 15 is 0 Å². The number of fused-ring (bicyclic) bond motifs is 1. The summed E-state index contributed by atoms with van der Waals surface area (Å²) in [7, 11) is 0. The molecule has 0 fully saturated rings. The lowest BCUT2D eigenvalue weighted by atomic mass is 9.87. The zero-order valence-corrected chi connectivity index (χ0v) is 11.9. The second kappa shape index (κ2) is 7.36. The number of aliphatic hydroxyl groups excluding tert-OH is 2. The fourth-order valence-corrected chi connectivity index (χ4v) is 3.15. The second-order valence-corrected chi connectivity index (χ2v) is 5.98. The molecule has 0 spiro atoms. The largest absolute Gasteiger partial charge is 0.395 e. The molecular weight excluding hydrogens is 284 g/mol. The summed E-state index contributed by atoms with van der Waals surface area (Å²) in [6.45, 7) is -0.247. The van der Waals surface area contributed by atoms with E-state index in [9.17, 15) is 8.78 Å². The Morgan fingerprint density at radius 3 is 2.70 bits per heavy atom. The molecule has 0 bridgehead atoms. The fourth-order valence-electron chi connectivity index (χ4n) is 2.59. The molecule has 3 N–H and O–H groups in total. The van der Waals surface area contributed by atoms with Crippen LogP contribution in [0.4, 0.5) is 8.78 Å². The van der Waals surface area contributed by atoms with Crippen molar-refractivity contribution in [2.75, 3.05) is 13.2 Å². The predicted octanol–water partition coefficient (Wildman–Crippen LogP) is 2.32. The van der Waals surface area contributed by atoms with E-state index in [1.54, 1.807) is 6.07 Å². The first-order chi connectivity index (χ1) is 9.63. The van der Waals surface area contributed by atoms with E-state index in [1.165, 1.54) is 0 Å². The Morgan fingerprint density at radius 1 is 1.30 bits per heavy atom. The summed E-state index contributed by atoms with van der Waals surface area (Å²) in [4.78, 5) is 0.584. The van der Waals surface area contributed by atoms with Gasteiger partial charge < -0.3 is 15.5 Å². The van der Waals surface area contributed by atoms with Crippen LogP contribution in [-0.4, -0.2) is 35.2 Å². The van der Waals surface area contributed by atoms with Gasteiger partial charge in [-0.1, -0.05) is 17.8 Å². The molecule has 112 valence electrons. The van der Waals surface area contributed by atoms with Gasteiger partial charge in [-0.15, -0.1) is 0 Å². The molecule has 3 nitrogen and oxygen atoms in total. The van der Waals surface area contributed by atoms with Crippen LogP contribution in [0.15, 0.2) is 23.1 Å². The van der Waals surface area contributed by atoms with Gasteiger partial charge in [0.15, 0.2) is 0 Å². The molecule has 2 rings (SSSR count). The molecule has 0 aromatic heterocycles. The maximum atomic E-state index is 12.4. The minimum atomic E-state index is -2.40. The summed E-state index contributed by atoms with van der Waals surface area (Å²) in [6, 6.07) is 5.13. The predicted molar refractivity (Wildman–Crippen MR) is 75.1 cm³/mol. The third-order valence-electron chi connectivity index (χ3n) is 3.53. The van der Waals surface area contributed by atoms with E-state index in [2.05, 4.69) is 5.32 Å². The van der Waals surface area contributed by atoms with E-state index < -0.39 is 5.76 Å². The quantitative estimate of drug-likeness (QED) is 0.706. The third kappa shape index (κ3) is 3.91. The maximum absolute atomic E-state index is 12.4. The number of halogens is 2. The summed E-state index contributed by atoms with van der Waals surface area (Å²) in [5.74, 6) is -2.40. The Kier molecular flexibility index (Phi) is 5.77. The lowest BCUT2D eigenvalue weighted by molar-refractivity contribution is 0.159. The molecular formula is C14H19F2NO2S. The molecule has 0 saturated carbocycles. The molecule has 0 aliphatic heterocycles. The summed E-state index contributed by atoms with van der Waals surface area (Å²) in [6.07, 6.45) is 2.77. The summed E-state index contributed by atoms with van der Waals surface area (Å²) >= 11 is 0.562. The molecule has 0 saturated heterocycles. The highest BCUT2D eigenvalue weighted by molar-refractivity contribution is 7.99. The minimum Gasteiger partial charge on any atom is -0.395 e. The highest BCUT2D eigenvalue weighted by atomic mass is 32.2. The molecule has 1 atom stereocenters. The lowest BCUT2D eigenvalue weighted by Gasteiger charge is -2.29. The molecule has 1 aromatic carbocycles. The van der Waals surface area contributed by atoms with Crippen molar-refractivity contribution in [3.05, 3.63) is 29.3 Å². The Balaban J connectivity index is 2.14. The second-order valence-electron chi connectivity index (χ2n) is 4.91. The smallest absolute Gasteiger partial charge is 0.288 e. The van der Waals surface area contributed by atoms with Crippen LogP contribution in [0.25, 0.3) is 0 Å². The van der Waals surface area contributed by atoms with Gasteiger partial charge in [0.1, 0.15) is 0 Å². The average molecular weight is 303 g/mol. The van der Waals surface area contributed by atoms with Crippen molar-refractivity contribution in [2.24, 2.45) is 0 Å². The zero-order valence-electron chi connectivity index (χ0n) is 11.1. The summed E-state index contributed by atoms with van der Waals surface area (Å²) < 4.78 is 24.8. The fraction of sp³-hybridized carbons (Fsp3) is 0.571. The van der Waals surface area contributed by atoms with Gasteiger partial charge in [0, 0.05) is 10.9 Å². The highest BCUT2D eigenvalue weighted by Crippen LogP contribution is 2.34. The Bertz CT molecular complexity index is 441. The molecule has 6 heteroatoms. The van der Waals surface area contributed by atoms with Crippen LogP contribution in [0.1, 0.15) is 30.0 Å². The number of alkyl halides is 2. The van der Waals surface area contributed by atoms with E-state index in [0.717, 1.165) is 30.4 Å². The van der Waals surface area contributed by atoms with Crippen LogP contribution in [0.3, 0.4) is 0 Å². The van der Waals surface area contributed by atoms with Crippen LogP contribution in [0.5, 0.6) is 0 Å². The molecule has 20 heavy (non-hydrogen) atoms. The van der Waals surface area contributed by atoms with Gasteiger partial charge in [-0.05, 0) is 42.5 Å². The van der Waals surface area contributed by atoms with Crippen molar-refractivity contribution < 1.29 is 19.0 Å². The van der Waals surface area contributed by atoms with Crippen molar-refractivity contribution in [3.63, 3.8) is 0 Å². The number of thioether (sulfide) groups is 1. The van der Waals surface area contributed by atoms with E-state index in [-0.39, 0.29) is 25.3 Å². The van der Waals surface area contributed by atoms with Gasteiger partial charge in [-0.2, -0.15) is 8.78 Å². The molecule has 0 radical (unpaired) electrons. The van der Waals surface area contributed by atoms with Crippen LogP contribution in [0, 0.1) is 0 Å². The van der Waals surface area contributed by atoms with Crippen LogP contribution < -0.4 is 5.32 Å². The number of aliphatic hydroxyl groups is 2. The van der Waals surface area contributed by atoms with Gasteiger partial charge in [0.05, 0.1) is 19.3 Å². The van der Waals surface area contributed by atoms with Crippen molar-refractivity contribution in [2.45, 2.75) is 42.0 Å². The van der Waals surface area contributed by atoms with Crippen LogP contribution in [0.2, 0.25) is 0 Å². The van der Waals surface area contributed by atoms with Crippen molar-refractivity contribution in [1.29, 1.82) is 0 Å². The van der Waals surface area contributed by atoms with Crippen LogP contribution in [-0.2, 0) is 6.42 Å². The molecule has 1 aliphatic rings. The van der Waals surface area contributed by atoms with Crippen molar-refractivity contribution in [1.82, 2.24) is 5.32 Å². The van der Waals surface area contributed by atoms with Crippen LogP contribution >= 0.6 is 11.8 Å². The number of aryl methyl sites for hydroxylation is 1. The molecule has 0 amide bonds. The number of hydrogen-bond acceptors (Lipinski definition) is 4. The molecule has 1 aromatic rings. The highest BCUT2D eigenvalue weighted by Gasteiger charge is 2.23. The standard InChI is InChI=1S/C14H19F2NO2S/c15-14(16)20-11-4-5-12-9(6-11)2-1-3-13(12)17-10(7-18)8-19/h4-6,10,13-14,17-19H,1-3,7-8H2. The molecule has 1 unspecified atom stereocenters. The number of hydrogen-bond donors (Lipinski definition) is 3.